The average Bonchev–Trinajstić information content (AvgIpc) is 2.86. The van der Waals surface area contributed by atoms with E-state index in [1.807, 2.05) is 0 Å². The standard InChI is InChI=1S/C14H15Cl2NO5S2/c15-9-1-2-11(16)12(5-9)17-13(18)6-22-14(19)7-23-10-3-4-24(20,21)8-10/h1-2,5,10H,3-4,6-8H2,(H,17,18)/t10-/m1/s1. The Bertz CT molecular complexity index is 739. The summed E-state index contributed by atoms with van der Waals surface area (Å²) in [5, 5.41) is 3.13. The number of ether oxygens (including phenoxy) is 1. The molecule has 10 heteroatoms. The number of nitrogens with one attached hydrogen (secondary N) is 1. The highest BCUT2D eigenvalue weighted by Gasteiger charge is 2.28. The van der Waals surface area contributed by atoms with Crippen LogP contribution in [0.5, 0.6) is 0 Å². The minimum atomic E-state index is -2.97. The molecule has 1 aromatic carbocycles. The van der Waals surface area contributed by atoms with Crippen molar-refractivity contribution in [2.75, 3.05) is 29.2 Å². The maximum absolute atomic E-state index is 11.7. The molecule has 0 aromatic heterocycles. The minimum absolute atomic E-state index is 0.00535. The van der Waals surface area contributed by atoms with Gasteiger partial charge in [-0.1, -0.05) is 23.2 Å². The molecule has 0 radical (unpaired) electrons. The van der Waals surface area contributed by atoms with Crippen LogP contribution in [-0.4, -0.2) is 49.4 Å². The van der Waals surface area contributed by atoms with Gasteiger partial charge in [-0.25, -0.2) is 8.42 Å². The normalized spacial score (nSPS) is 19.0. The molecule has 132 valence electrons. The molecular formula is C14H15Cl2NO5S2. The monoisotopic (exact) mass is 411 g/mol. The van der Waals surface area contributed by atoms with E-state index in [4.69, 9.17) is 27.9 Å². The van der Waals surface area contributed by atoms with Crippen molar-refractivity contribution in [3.63, 3.8) is 0 Å². The third kappa shape index (κ3) is 6.16. The lowest BCUT2D eigenvalue weighted by molar-refractivity contribution is -0.144. The molecule has 24 heavy (non-hydrogen) atoms. The van der Waals surface area contributed by atoms with Crippen molar-refractivity contribution in [1.82, 2.24) is 0 Å². The maximum atomic E-state index is 11.7. The summed E-state index contributed by atoms with van der Waals surface area (Å²) < 4.78 is 27.5. The number of rotatable bonds is 6. The lowest BCUT2D eigenvalue weighted by Gasteiger charge is -2.09. The van der Waals surface area contributed by atoms with Gasteiger partial charge in [-0.3, -0.25) is 9.59 Å². The topological polar surface area (TPSA) is 89.5 Å². The van der Waals surface area contributed by atoms with E-state index in [2.05, 4.69) is 5.32 Å². The van der Waals surface area contributed by atoms with E-state index in [1.54, 1.807) is 6.07 Å². The highest BCUT2D eigenvalue weighted by atomic mass is 35.5. The summed E-state index contributed by atoms with van der Waals surface area (Å²) >= 11 is 13.0. The van der Waals surface area contributed by atoms with Crippen LogP contribution in [0, 0.1) is 0 Å². The second-order valence-corrected chi connectivity index (χ2v) is 9.53. The molecule has 1 heterocycles. The largest absolute Gasteiger partial charge is 0.455 e. The summed E-state index contributed by atoms with van der Waals surface area (Å²) in [6.07, 6.45) is 0.536. The van der Waals surface area contributed by atoms with Crippen molar-refractivity contribution < 1.29 is 22.7 Å². The SMILES string of the molecule is O=C(COC(=O)CS[C@@H]1CCS(=O)(=O)C1)Nc1cc(Cl)ccc1Cl. The Kier molecular flexibility index (Phi) is 6.79. The van der Waals surface area contributed by atoms with E-state index in [0.29, 0.717) is 22.2 Å². The third-order valence-corrected chi connectivity index (χ3v) is 7.01. The fraction of sp³-hybridized carbons (Fsp3) is 0.429. The number of hydrogen-bond donors (Lipinski definition) is 1. The molecule has 0 unspecified atom stereocenters. The van der Waals surface area contributed by atoms with Crippen LogP contribution in [0.2, 0.25) is 10.0 Å². The fourth-order valence-electron chi connectivity index (χ4n) is 2.05. The lowest BCUT2D eigenvalue weighted by atomic mass is 10.3. The average molecular weight is 412 g/mol. The van der Waals surface area contributed by atoms with Gasteiger partial charge in [0.05, 0.1) is 28.0 Å². The molecule has 0 spiro atoms. The number of hydrogen-bond acceptors (Lipinski definition) is 6. The molecule has 0 saturated carbocycles. The Hall–Kier alpha value is -0.960. The first-order valence-electron chi connectivity index (χ1n) is 6.98. The van der Waals surface area contributed by atoms with Crippen molar-refractivity contribution in [3.8, 4) is 0 Å². The molecular weight excluding hydrogens is 397 g/mol. The van der Waals surface area contributed by atoms with Crippen LogP contribution < -0.4 is 5.32 Å². The van der Waals surface area contributed by atoms with Gasteiger partial charge in [-0.2, -0.15) is 0 Å². The zero-order valence-corrected chi connectivity index (χ0v) is 15.6. The van der Waals surface area contributed by atoms with Gasteiger partial charge < -0.3 is 10.1 Å². The van der Waals surface area contributed by atoms with Gasteiger partial charge in [0.25, 0.3) is 5.91 Å². The van der Waals surface area contributed by atoms with Gasteiger partial charge in [0.15, 0.2) is 16.4 Å². The zero-order valence-electron chi connectivity index (χ0n) is 12.5. The number of sulfone groups is 1. The number of carbonyl (C=O) groups is 2. The first kappa shape index (κ1) is 19.4. The van der Waals surface area contributed by atoms with Gasteiger partial charge >= 0.3 is 5.97 Å². The van der Waals surface area contributed by atoms with Crippen LogP contribution >= 0.6 is 35.0 Å². The van der Waals surface area contributed by atoms with Gasteiger partial charge in [0.1, 0.15) is 0 Å². The molecule has 1 N–H and O–H groups in total. The van der Waals surface area contributed by atoms with Gasteiger partial charge in [0.2, 0.25) is 0 Å². The summed E-state index contributed by atoms with van der Waals surface area (Å²) in [6.45, 7) is -0.453. The van der Waals surface area contributed by atoms with Crippen LogP contribution in [0.1, 0.15) is 6.42 Å². The van der Waals surface area contributed by atoms with Crippen molar-refractivity contribution in [2.45, 2.75) is 11.7 Å². The van der Waals surface area contributed by atoms with E-state index >= 15 is 0 Å². The predicted octanol–water partition coefficient (Wildman–Crippen LogP) is 2.40. The fourth-order valence-corrected chi connectivity index (χ4v) is 5.82. The van der Waals surface area contributed by atoms with Crippen molar-refractivity contribution >= 4 is 62.4 Å². The van der Waals surface area contributed by atoms with Crippen molar-refractivity contribution in [1.29, 1.82) is 0 Å². The third-order valence-electron chi connectivity index (χ3n) is 3.19. The first-order chi connectivity index (χ1) is 11.2. The number of amides is 1. The maximum Gasteiger partial charge on any atom is 0.316 e. The van der Waals surface area contributed by atoms with Gasteiger partial charge in [-0.05, 0) is 24.6 Å². The Morgan fingerprint density at radius 2 is 2.08 bits per heavy atom. The van der Waals surface area contributed by atoms with Crippen LogP contribution in [0.25, 0.3) is 0 Å². The second kappa shape index (κ2) is 8.42. The van der Waals surface area contributed by atoms with Crippen LogP contribution in [-0.2, 0) is 24.2 Å². The molecule has 0 aliphatic carbocycles. The Balaban J connectivity index is 1.71. The molecule has 1 aromatic rings. The highest BCUT2D eigenvalue weighted by Crippen LogP contribution is 2.26. The van der Waals surface area contributed by atoms with Crippen LogP contribution in [0.3, 0.4) is 0 Å². The first-order valence-corrected chi connectivity index (χ1v) is 10.6. The molecule has 1 fully saturated rings. The van der Waals surface area contributed by atoms with Gasteiger partial charge in [0, 0.05) is 10.3 Å². The smallest absolute Gasteiger partial charge is 0.316 e. The molecule has 1 aliphatic heterocycles. The Morgan fingerprint density at radius 1 is 1.33 bits per heavy atom. The quantitative estimate of drug-likeness (QED) is 0.722. The molecule has 2 rings (SSSR count). The van der Waals surface area contributed by atoms with E-state index in [-0.39, 0.29) is 22.5 Å². The van der Waals surface area contributed by atoms with Crippen molar-refractivity contribution in [2.24, 2.45) is 0 Å². The molecule has 6 nitrogen and oxygen atoms in total. The highest BCUT2D eigenvalue weighted by molar-refractivity contribution is 8.02. The van der Waals surface area contributed by atoms with E-state index in [9.17, 15) is 18.0 Å². The Morgan fingerprint density at radius 3 is 2.75 bits per heavy atom. The van der Waals surface area contributed by atoms with E-state index in [0.717, 1.165) is 0 Å². The molecule has 1 atom stereocenters. The van der Waals surface area contributed by atoms with Crippen LogP contribution in [0.4, 0.5) is 5.69 Å². The summed E-state index contributed by atoms with van der Waals surface area (Å²) in [6, 6.07) is 4.61. The van der Waals surface area contributed by atoms with Crippen molar-refractivity contribution in [3.05, 3.63) is 28.2 Å². The Labute approximate surface area is 154 Å². The number of thioether (sulfide) groups is 1. The summed E-state index contributed by atoms with van der Waals surface area (Å²) in [5.41, 5.74) is 0.329. The molecule has 1 saturated heterocycles. The number of anilines is 1. The van der Waals surface area contributed by atoms with Crippen LogP contribution in [0.15, 0.2) is 18.2 Å². The summed E-state index contributed by atoms with van der Waals surface area (Å²) in [4.78, 5) is 23.4. The number of benzene rings is 1. The minimum Gasteiger partial charge on any atom is -0.455 e. The predicted molar refractivity (Wildman–Crippen MR) is 95.6 cm³/mol. The number of esters is 1. The molecule has 1 aliphatic rings. The number of carbonyl (C=O) groups excluding carboxylic acids is 2. The molecule has 1 amide bonds. The van der Waals surface area contributed by atoms with E-state index in [1.165, 1.54) is 23.9 Å². The lowest BCUT2D eigenvalue weighted by Crippen LogP contribution is -2.22. The van der Waals surface area contributed by atoms with Gasteiger partial charge in [-0.15, -0.1) is 11.8 Å². The van der Waals surface area contributed by atoms with E-state index < -0.39 is 28.3 Å². The number of halogens is 2. The summed E-state index contributed by atoms with van der Waals surface area (Å²) in [5.74, 6) is -0.871. The summed E-state index contributed by atoms with van der Waals surface area (Å²) in [7, 11) is -2.97. The molecule has 0 bridgehead atoms. The second-order valence-electron chi connectivity index (χ2n) is 5.17. The zero-order chi connectivity index (χ0) is 17.7.